The van der Waals surface area contributed by atoms with Crippen LogP contribution in [0.25, 0.3) is 5.69 Å². The molecular formula is C20H18N4O. The third-order valence-electron chi connectivity index (χ3n) is 4.29. The van der Waals surface area contributed by atoms with Gasteiger partial charge in [0.05, 0.1) is 17.4 Å². The lowest BCUT2D eigenvalue weighted by atomic mass is 10.1. The zero-order chi connectivity index (χ0) is 17.2. The van der Waals surface area contributed by atoms with Gasteiger partial charge in [0, 0.05) is 24.0 Å². The minimum atomic E-state index is -0.280. The average molecular weight is 330 g/mol. The summed E-state index contributed by atoms with van der Waals surface area (Å²) in [6, 6.07) is 17.5. The SMILES string of the molecule is C=CCN1C(=O)c2ccccc2N[C@H]1c1cnn(-c2ccccc2)c1. The third-order valence-corrected chi connectivity index (χ3v) is 4.29. The molecule has 1 aliphatic heterocycles. The van der Waals surface area contributed by atoms with Crippen molar-refractivity contribution in [3.8, 4) is 5.69 Å². The van der Waals surface area contributed by atoms with Crippen LogP contribution >= 0.6 is 0 Å². The molecule has 2 heterocycles. The zero-order valence-corrected chi connectivity index (χ0v) is 13.7. The minimum Gasteiger partial charge on any atom is -0.361 e. The fourth-order valence-electron chi connectivity index (χ4n) is 3.08. The lowest BCUT2D eigenvalue weighted by molar-refractivity contribution is 0.0707. The van der Waals surface area contributed by atoms with Crippen molar-refractivity contribution in [2.75, 3.05) is 11.9 Å². The van der Waals surface area contributed by atoms with Crippen LogP contribution in [0.5, 0.6) is 0 Å². The summed E-state index contributed by atoms with van der Waals surface area (Å²) in [4.78, 5) is 14.6. The maximum atomic E-state index is 12.9. The number of benzene rings is 2. The van der Waals surface area contributed by atoms with Gasteiger partial charge in [-0.25, -0.2) is 4.68 Å². The monoisotopic (exact) mass is 330 g/mol. The number of rotatable bonds is 4. The summed E-state index contributed by atoms with van der Waals surface area (Å²) in [5.74, 6) is -0.00767. The number of carbonyl (C=O) groups is 1. The van der Waals surface area contributed by atoms with Crippen LogP contribution in [-0.2, 0) is 0 Å². The molecule has 5 heteroatoms. The van der Waals surface area contributed by atoms with Crippen molar-refractivity contribution >= 4 is 11.6 Å². The maximum absolute atomic E-state index is 12.9. The highest BCUT2D eigenvalue weighted by atomic mass is 16.2. The molecule has 2 aromatic carbocycles. The lowest BCUT2D eigenvalue weighted by Gasteiger charge is -2.36. The summed E-state index contributed by atoms with van der Waals surface area (Å²) < 4.78 is 1.81. The van der Waals surface area contributed by atoms with E-state index in [1.165, 1.54) is 0 Å². The number of amides is 1. The number of anilines is 1. The molecule has 0 bridgehead atoms. The van der Waals surface area contributed by atoms with E-state index in [9.17, 15) is 4.79 Å². The van der Waals surface area contributed by atoms with Crippen molar-refractivity contribution in [2.24, 2.45) is 0 Å². The highest BCUT2D eigenvalue weighted by Gasteiger charge is 2.32. The second-order valence-electron chi connectivity index (χ2n) is 5.89. The fourth-order valence-corrected chi connectivity index (χ4v) is 3.08. The van der Waals surface area contributed by atoms with Crippen molar-refractivity contribution in [3.63, 3.8) is 0 Å². The minimum absolute atomic E-state index is 0.00767. The molecule has 124 valence electrons. The molecule has 0 radical (unpaired) electrons. The Balaban J connectivity index is 1.72. The number of hydrogen-bond acceptors (Lipinski definition) is 3. The normalized spacial score (nSPS) is 16.2. The van der Waals surface area contributed by atoms with Gasteiger partial charge in [-0.05, 0) is 24.3 Å². The Labute approximate surface area is 146 Å². The first-order chi connectivity index (χ1) is 12.3. The van der Waals surface area contributed by atoms with E-state index < -0.39 is 0 Å². The van der Waals surface area contributed by atoms with Crippen LogP contribution < -0.4 is 5.32 Å². The lowest BCUT2D eigenvalue weighted by Crippen LogP contribution is -2.42. The van der Waals surface area contributed by atoms with E-state index in [2.05, 4.69) is 17.0 Å². The zero-order valence-electron chi connectivity index (χ0n) is 13.7. The van der Waals surface area contributed by atoms with Crippen LogP contribution in [0.1, 0.15) is 22.1 Å². The smallest absolute Gasteiger partial charge is 0.258 e. The third kappa shape index (κ3) is 2.70. The highest BCUT2D eigenvalue weighted by molar-refractivity contribution is 6.01. The topological polar surface area (TPSA) is 50.2 Å². The Kier molecular flexibility index (Phi) is 3.82. The Bertz CT molecular complexity index is 916. The molecule has 1 N–H and O–H groups in total. The van der Waals surface area contributed by atoms with Crippen molar-refractivity contribution in [2.45, 2.75) is 6.17 Å². The van der Waals surface area contributed by atoms with Crippen LogP contribution in [-0.4, -0.2) is 27.1 Å². The van der Waals surface area contributed by atoms with E-state index in [-0.39, 0.29) is 12.1 Å². The first-order valence-electron chi connectivity index (χ1n) is 8.15. The average Bonchev–Trinajstić information content (AvgIpc) is 3.15. The van der Waals surface area contributed by atoms with E-state index in [1.54, 1.807) is 17.2 Å². The molecular weight excluding hydrogens is 312 g/mol. The van der Waals surface area contributed by atoms with Gasteiger partial charge in [-0.1, -0.05) is 36.4 Å². The summed E-state index contributed by atoms with van der Waals surface area (Å²) in [6.45, 7) is 4.24. The Morgan fingerprint density at radius 1 is 1.12 bits per heavy atom. The Hall–Kier alpha value is -3.34. The predicted molar refractivity (Wildman–Crippen MR) is 97.6 cm³/mol. The van der Waals surface area contributed by atoms with Gasteiger partial charge in [0.2, 0.25) is 0 Å². The number of fused-ring (bicyclic) bond motifs is 1. The summed E-state index contributed by atoms with van der Waals surface area (Å²) in [7, 11) is 0. The molecule has 0 aliphatic carbocycles. The van der Waals surface area contributed by atoms with E-state index in [4.69, 9.17) is 0 Å². The number of para-hydroxylation sites is 2. The number of aromatic nitrogens is 2. The second kappa shape index (κ2) is 6.28. The number of carbonyl (C=O) groups excluding carboxylic acids is 1. The maximum Gasteiger partial charge on any atom is 0.258 e. The van der Waals surface area contributed by atoms with Gasteiger partial charge in [0.1, 0.15) is 6.17 Å². The molecule has 0 saturated heterocycles. The van der Waals surface area contributed by atoms with E-state index >= 15 is 0 Å². The molecule has 3 aromatic rings. The second-order valence-corrected chi connectivity index (χ2v) is 5.89. The molecule has 1 atom stereocenters. The van der Waals surface area contributed by atoms with Gasteiger partial charge in [-0.3, -0.25) is 4.79 Å². The molecule has 1 aromatic heterocycles. The largest absolute Gasteiger partial charge is 0.361 e. The Morgan fingerprint density at radius 2 is 1.88 bits per heavy atom. The number of nitrogens with zero attached hydrogens (tertiary/aromatic N) is 3. The van der Waals surface area contributed by atoms with Crippen molar-refractivity contribution in [3.05, 3.63) is 90.8 Å². The van der Waals surface area contributed by atoms with Crippen LogP contribution in [0.4, 0.5) is 5.69 Å². The van der Waals surface area contributed by atoms with Gasteiger partial charge in [-0.2, -0.15) is 5.10 Å². The molecule has 0 spiro atoms. The molecule has 0 saturated carbocycles. The summed E-state index contributed by atoms with van der Waals surface area (Å²) in [6.07, 6.45) is 5.20. The van der Waals surface area contributed by atoms with Crippen LogP contribution in [0, 0.1) is 0 Å². The van der Waals surface area contributed by atoms with E-state index in [0.29, 0.717) is 12.1 Å². The molecule has 0 fully saturated rings. The van der Waals surface area contributed by atoms with Crippen LogP contribution in [0.3, 0.4) is 0 Å². The summed E-state index contributed by atoms with van der Waals surface area (Å²) >= 11 is 0. The first-order valence-corrected chi connectivity index (χ1v) is 8.15. The highest BCUT2D eigenvalue weighted by Crippen LogP contribution is 2.32. The molecule has 25 heavy (non-hydrogen) atoms. The van der Waals surface area contributed by atoms with Gasteiger partial charge < -0.3 is 10.2 Å². The van der Waals surface area contributed by atoms with Crippen molar-refractivity contribution in [1.29, 1.82) is 0 Å². The Morgan fingerprint density at radius 3 is 2.68 bits per heavy atom. The van der Waals surface area contributed by atoms with Crippen LogP contribution in [0.2, 0.25) is 0 Å². The molecule has 4 rings (SSSR count). The van der Waals surface area contributed by atoms with Crippen LogP contribution in [0.15, 0.2) is 79.6 Å². The van der Waals surface area contributed by atoms with Gasteiger partial charge >= 0.3 is 0 Å². The molecule has 5 nitrogen and oxygen atoms in total. The predicted octanol–water partition coefficient (Wildman–Crippen LogP) is 3.62. The van der Waals surface area contributed by atoms with Crippen molar-refractivity contribution in [1.82, 2.24) is 14.7 Å². The fraction of sp³-hybridized carbons (Fsp3) is 0.100. The van der Waals surface area contributed by atoms with Gasteiger partial charge in [0.25, 0.3) is 5.91 Å². The van der Waals surface area contributed by atoms with Gasteiger partial charge in [-0.15, -0.1) is 6.58 Å². The van der Waals surface area contributed by atoms with Gasteiger partial charge in [0.15, 0.2) is 0 Å². The number of hydrogen-bond donors (Lipinski definition) is 1. The molecule has 0 unspecified atom stereocenters. The van der Waals surface area contributed by atoms with E-state index in [1.807, 2.05) is 65.5 Å². The standard InChI is InChI=1S/C20H18N4O/c1-2-12-23-19(22-18-11-7-6-10-17(18)20(23)25)15-13-21-24(14-15)16-8-4-3-5-9-16/h2-11,13-14,19,22H,1,12H2/t19-/m1/s1. The molecule has 1 amide bonds. The summed E-state index contributed by atoms with van der Waals surface area (Å²) in [5, 5.41) is 7.90. The quantitative estimate of drug-likeness (QED) is 0.743. The summed E-state index contributed by atoms with van der Waals surface area (Å²) in [5.41, 5.74) is 3.42. The van der Waals surface area contributed by atoms with E-state index in [0.717, 1.165) is 16.9 Å². The first kappa shape index (κ1) is 15.2. The number of nitrogens with one attached hydrogen (secondary N) is 1. The molecule has 1 aliphatic rings. The van der Waals surface area contributed by atoms with Crippen molar-refractivity contribution < 1.29 is 4.79 Å².